The van der Waals surface area contributed by atoms with Crippen LogP contribution in [0.25, 0.3) is 0 Å². The first-order valence-electron chi connectivity index (χ1n) is 6.39. The van der Waals surface area contributed by atoms with Crippen molar-refractivity contribution in [1.29, 1.82) is 0 Å². The van der Waals surface area contributed by atoms with Crippen LogP contribution in [-0.4, -0.2) is 16.1 Å². The number of anilines is 1. The average Bonchev–Trinajstić information content (AvgIpc) is 2.90. The maximum absolute atomic E-state index is 11.6. The fourth-order valence-electron chi connectivity index (χ4n) is 1.80. The Hall–Kier alpha value is -0.990. The number of pyridine rings is 1. The lowest BCUT2D eigenvalue weighted by Gasteiger charge is -2.15. The van der Waals surface area contributed by atoms with Gasteiger partial charge in [0.05, 0.1) is 15.4 Å². The van der Waals surface area contributed by atoms with E-state index in [-0.39, 0.29) is 5.25 Å². The van der Waals surface area contributed by atoms with Crippen LogP contribution in [0.2, 0.25) is 0 Å². The van der Waals surface area contributed by atoms with E-state index in [4.69, 9.17) is 4.42 Å². The number of carboxylic acids is 1. The van der Waals surface area contributed by atoms with Gasteiger partial charge in [0.2, 0.25) is 0 Å². The molecule has 0 aliphatic rings. The number of hydrogen-bond acceptors (Lipinski definition) is 5. The van der Waals surface area contributed by atoms with E-state index < -0.39 is 12.0 Å². The predicted molar refractivity (Wildman–Crippen MR) is 94.5 cm³/mol. The molecule has 0 bridgehead atoms. The van der Waals surface area contributed by atoms with E-state index in [1.807, 2.05) is 19.9 Å². The van der Waals surface area contributed by atoms with Gasteiger partial charge in [-0.25, -0.2) is 9.78 Å². The quantitative estimate of drug-likeness (QED) is 0.575. The number of carboxylic acid groups (broad SMARTS) is 1. The molecule has 0 aliphatic heterocycles. The van der Waals surface area contributed by atoms with E-state index in [9.17, 15) is 9.90 Å². The molecule has 2 atom stereocenters. The van der Waals surface area contributed by atoms with Crippen LogP contribution in [-0.2, 0) is 4.79 Å². The SMILES string of the molecule is Cc1nc(NC(C(=O)O)c2ccc(C(C)S)o2)c(Br)cc1Br. The fraction of sp³-hybridized carbons (Fsp3) is 0.286. The average molecular weight is 450 g/mol. The van der Waals surface area contributed by atoms with E-state index in [1.165, 1.54) is 0 Å². The highest BCUT2D eigenvalue weighted by atomic mass is 79.9. The third-order valence-corrected chi connectivity index (χ3v) is 4.64. The summed E-state index contributed by atoms with van der Waals surface area (Å²) in [6.45, 7) is 3.68. The number of nitrogens with zero attached hydrogens (tertiary/aromatic N) is 1. The highest BCUT2D eigenvalue weighted by Gasteiger charge is 2.25. The summed E-state index contributed by atoms with van der Waals surface area (Å²) in [4.78, 5) is 15.9. The van der Waals surface area contributed by atoms with Gasteiger partial charge in [-0.2, -0.15) is 12.6 Å². The summed E-state index contributed by atoms with van der Waals surface area (Å²) >= 11 is 11.0. The van der Waals surface area contributed by atoms with Crippen molar-refractivity contribution in [2.45, 2.75) is 25.1 Å². The van der Waals surface area contributed by atoms with Crippen LogP contribution in [0.4, 0.5) is 5.82 Å². The van der Waals surface area contributed by atoms with Crippen molar-refractivity contribution >= 4 is 56.3 Å². The second kappa shape index (κ2) is 7.06. The Bertz CT molecular complexity index is 703. The largest absolute Gasteiger partial charge is 0.479 e. The molecule has 2 N–H and O–H groups in total. The van der Waals surface area contributed by atoms with E-state index in [0.29, 0.717) is 21.8 Å². The van der Waals surface area contributed by atoms with E-state index in [0.717, 1.165) is 10.2 Å². The van der Waals surface area contributed by atoms with Crippen LogP contribution in [0, 0.1) is 6.92 Å². The zero-order chi connectivity index (χ0) is 16.4. The summed E-state index contributed by atoms with van der Waals surface area (Å²) in [6.07, 6.45) is 0. The Morgan fingerprint density at radius 1 is 1.36 bits per heavy atom. The van der Waals surface area contributed by atoms with Crippen molar-refractivity contribution in [3.8, 4) is 0 Å². The molecule has 8 heteroatoms. The molecule has 0 radical (unpaired) electrons. The zero-order valence-electron chi connectivity index (χ0n) is 11.8. The third-order valence-electron chi connectivity index (χ3n) is 2.98. The molecule has 2 heterocycles. The molecule has 5 nitrogen and oxygen atoms in total. The van der Waals surface area contributed by atoms with Crippen molar-refractivity contribution in [2.75, 3.05) is 5.32 Å². The Labute approximate surface area is 150 Å². The lowest BCUT2D eigenvalue weighted by molar-refractivity contribution is -0.138. The van der Waals surface area contributed by atoms with Gasteiger partial charge in [0.1, 0.15) is 17.3 Å². The van der Waals surface area contributed by atoms with Gasteiger partial charge in [-0.15, -0.1) is 0 Å². The van der Waals surface area contributed by atoms with Crippen molar-refractivity contribution in [1.82, 2.24) is 4.98 Å². The van der Waals surface area contributed by atoms with Crippen molar-refractivity contribution in [3.05, 3.63) is 44.4 Å². The normalized spacial score (nSPS) is 13.7. The van der Waals surface area contributed by atoms with Gasteiger partial charge >= 0.3 is 5.97 Å². The second-order valence-corrected chi connectivity index (χ2v) is 7.20. The molecular weight excluding hydrogens is 436 g/mol. The number of halogens is 2. The summed E-state index contributed by atoms with van der Waals surface area (Å²) in [5, 5.41) is 12.2. The summed E-state index contributed by atoms with van der Waals surface area (Å²) < 4.78 is 7.05. The van der Waals surface area contributed by atoms with Gasteiger partial charge in [-0.1, -0.05) is 0 Å². The lowest BCUT2D eigenvalue weighted by atomic mass is 10.2. The number of hydrogen-bond donors (Lipinski definition) is 3. The fourth-order valence-corrected chi connectivity index (χ4v) is 2.99. The Morgan fingerprint density at radius 3 is 2.55 bits per heavy atom. The monoisotopic (exact) mass is 448 g/mol. The molecule has 0 saturated carbocycles. The summed E-state index contributed by atoms with van der Waals surface area (Å²) in [6, 6.07) is 4.13. The first-order chi connectivity index (χ1) is 10.3. The maximum Gasteiger partial charge on any atom is 0.334 e. The van der Waals surface area contributed by atoms with Crippen LogP contribution in [0.3, 0.4) is 0 Å². The number of furan rings is 1. The Morgan fingerprint density at radius 2 is 2.00 bits per heavy atom. The molecule has 2 unspecified atom stereocenters. The van der Waals surface area contributed by atoms with E-state index in [1.54, 1.807) is 12.1 Å². The van der Waals surface area contributed by atoms with E-state index in [2.05, 4.69) is 54.8 Å². The highest BCUT2D eigenvalue weighted by molar-refractivity contribution is 9.11. The molecular formula is C14H14Br2N2O3S. The van der Waals surface area contributed by atoms with Gasteiger partial charge in [0, 0.05) is 4.47 Å². The highest BCUT2D eigenvalue weighted by Crippen LogP contribution is 2.31. The van der Waals surface area contributed by atoms with Gasteiger partial charge in [-0.3, -0.25) is 0 Å². The second-order valence-electron chi connectivity index (χ2n) is 4.72. The molecule has 2 rings (SSSR count). The Balaban J connectivity index is 2.33. The number of rotatable bonds is 5. The van der Waals surface area contributed by atoms with Gasteiger partial charge in [-0.05, 0) is 63.9 Å². The van der Waals surface area contributed by atoms with Gasteiger partial charge < -0.3 is 14.8 Å². The van der Waals surface area contributed by atoms with Gasteiger partial charge in [0.15, 0.2) is 6.04 Å². The van der Waals surface area contributed by atoms with Crippen LogP contribution in [0.15, 0.2) is 31.6 Å². The molecule has 0 spiro atoms. The van der Waals surface area contributed by atoms with Crippen LogP contribution < -0.4 is 5.32 Å². The number of nitrogens with one attached hydrogen (secondary N) is 1. The minimum atomic E-state index is -1.05. The smallest absolute Gasteiger partial charge is 0.334 e. The summed E-state index contributed by atoms with van der Waals surface area (Å²) in [7, 11) is 0. The van der Waals surface area contributed by atoms with Crippen molar-refractivity contribution in [2.24, 2.45) is 0 Å². The first kappa shape index (κ1) is 17.4. The summed E-state index contributed by atoms with van der Waals surface area (Å²) in [5.74, 6) is 0.301. The Kier molecular flexibility index (Phi) is 5.57. The number of aliphatic carboxylic acids is 1. The zero-order valence-corrected chi connectivity index (χ0v) is 15.9. The van der Waals surface area contributed by atoms with Crippen LogP contribution in [0.1, 0.15) is 35.4 Å². The molecule has 0 saturated heterocycles. The molecule has 2 aromatic rings. The topological polar surface area (TPSA) is 75.4 Å². The molecule has 0 aromatic carbocycles. The molecule has 22 heavy (non-hydrogen) atoms. The molecule has 2 aromatic heterocycles. The lowest BCUT2D eigenvalue weighted by Crippen LogP contribution is -2.21. The standard InChI is InChI=1S/C14H14Br2N2O3S/c1-6-8(15)5-9(16)13(17-6)18-12(14(19)20)11-4-3-10(21-11)7(2)22/h3-5,7,12,22H,1-2H3,(H,17,18)(H,19,20). The minimum absolute atomic E-state index is 0.108. The molecule has 0 fully saturated rings. The number of aryl methyl sites for hydroxylation is 1. The van der Waals surface area contributed by atoms with Crippen molar-refractivity contribution in [3.63, 3.8) is 0 Å². The summed E-state index contributed by atoms with van der Waals surface area (Å²) in [5.41, 5.74) is 0.749. The van der Waals surface area contributed by atoms with Gasteiger partial charge in [0.25, 0.3) is 0 Å². The maximum atomic E-state index is 11.6. The van der Waals surface area contributed by atoms with Crippen LogP contribution >= 0.6 is 44.5 Å². The van der Waals surface area contributed by atoms with Crippen molar-refractivity contribution < 1.29 is 14.3 Å². The molecule has 0 aliphatic carbocycles. The third kappa shape index (κ3) is 3.85. The minimum Gasteiger partial charge on any atom is -0.479 e. The predicted octanol–water partition coefficient (Wildman–Crippen LogP) is 4.74. The number of thiol groups is 1. The number of aromatic nitrogens is 1. The molecule has 0 amide bonds. The first-order valence-corrected chi connectivity index (χ1v) is 8.49. The van der Waals surface area contributed by atoms with E-state index >= 15 is 0 Å². The number of carbonyl (C=O) groups is 1. The van der Waals surface area contributed by atoms with Crippen LogP contribution in [0.5, 0.6) is 0 Å². The molecule has 118 valence electrons.